The second kappa shape index (κ2) is 7.79. The fourth-order valence-corrected chi connectivity index (χ4v) is 3.07. The number of hydrogen-bond donors (Lipinski definition) is 1. The SMILES string of the molecule is CCCNC(C)c1cccc(F)c1OC1CCCCC1C. The number of benzene rings is 1. The number of nitrogens with one attached hydrogen (secondary N) is 1. The van der Waals surface area contributed by atoms with E-state index in [1.807, 2.05) is 6.07 Å². The van der Waals surface area contributed by atoms with Crippen molar-refractivity contribution < 1.29 is 9.13 Å². The Morgan fingerprint density at radius 2 is 2.10 bits per heavy atom. The van der Waals surface area contributed by atoms with Gasteiger partial charge in [0, 0.05) is 11.6 Å². The Morgan fingerprint density at radius 3 is 2.81 bits per heavy atom. The van der Waals surface area contributed by atoms with E-state index in [2.05, 4.69) is 26.1 Å². The molecule has 1 fully saturated rings. The lowest BCUT2D eigenvalue weighted by Crippen LogP contribution is -2.29. The lowest BCUT2D eigenvalue weighted by atomic mass is 9.88. The topological polar surface area (TPSA) is 21.3 Å². The first kappa shape index (κ1) is 16.3. The monoisotopic (exact) mass is 293 g/mol. The molecule has 1 aromatic rings. The van der Waals surface area contributed by atoms with Gasteiger partial charge in [0.15, 0.2) is 11.6 Å². The van der Waals surface area contributed by atoms with Crippen LogP contribution in [0.1, 0.15) is 64.5 Å². The summed E-state index contributed by atoms with van der Waals surface area (Å²) in [6, 6.07) is 5.35. The molecule has 0 amide bonds. The van der Waals surface area contributed by atoms with Crippen LogP contribution in [-0.4, -0.2) is 12.6 Å². The summed E-state index contributed by atoms with van der Waals surface area (Å²) in [6.45, 7) is 7.34. The summed E-state index contributed by atoms with van der Waals surface area (Å²) in [5.41, 5.74) is 0.932. The Morgan fingerprint density at radius 1 is 1.33 bits per heavy atom. The summed E-state index contributed by atoms with van der Waals surface area (Å²) in [7, 11) is 0. The number of ether oxygens (including phenoxy) is 1. The van der Waals surface area contributed by atoms with Gasteiger partial charge in [0.25, 0.3) is 0 Å². The van der Waals surface area contributed by atoms with E-state index < -0.39 is 0 Å². The van der Waals surface area contributed by atoms with Gasteiger partial charge in [-0.3, -0.25) is 0 Å². The third-order valence-electron chi connectivity index (χ3n) is 4.47. The van der Waals surface area contributed by atoms with Crippen LogP contribution in [0.15, 0.2) is 18.2 Å². The van der Waals surface area contributed by atoms with Crippen molar-refractivity contribution in [3.63, 3.8) is 0 Å². The van der Waals surface area contributed by atoms with Gasteiger partial charge in [0.05, 0.1) is 0 Å². The Hall–Kier alpha value is -1.09. The second-order valence-corrected chi connectivity index (χ2v) is 6.25. The first-order chi connectivity index (χ1) is 10.1. The largest absolute Gasteiger partial charge is 0.487 e. The van der Waals surface area contributed by atoms with Crippen LogP contribution in [-0.2, 0) is 0 Å². The number of rotatable bonds is 6. The van der Waals surface area contributed by atoms with E-state index in [4.69, 9.17) is 4.74 Å². The van der Waals surface area contributed by atoms with Crippen LogP contribution in [0.3, 0.4) is 0 Å². The maximum atomic E-state index is 14.3. The molecule has 3 unspecified atom stereocenters. The van der Waals surface area contributed by atoms with Gasteiger partial charge in [0.1, 0.15) is 6.10 Å². The Labute approximate surface area is 128 Å². The van der Waals surface area contributed by atoms with E-state index >= 15 is 0 Å². The minimum Gasteiger partial charge on any atom is -0.487 e. The Bertz CT molecular complexity index is 449. The van der Waals surface area contributed by atoms with Crippen molar-refractivity contribution in [2.75, 3.05) is 6.54 Å². The highest BCUT2D eigenvalue weighted by Crippen LogP contribution is 2.33. The van der Waals surface area contributed by atoms with Gasteiger partial charge in [-0.1, -0.05) is 32.4 Å². The van der Waals surface area contributed by atoms with Crippen LogP contribution in [0.25, 0.3) is 0 Å². The maximum Gasteiger partial charge on any atom is 0.165 e. The Kier molecular flexibility index (Phi) is 6.04. The molecule has 0 radical (unpaired) electrons. The minimum absolute atomic E-state index is 0.106. The summed E-state index contributed by atoms with van der Waals surface area (Å²) in [5, 5.41) is 3.42. The minimum atomic E-state index is -0.240. The molecule has 0 aromatic heterocycles. The molecule has 118 valence electrons. The highest BCUT2D eigenvalue weighted by Gasteiger charge is 2.25. The molecule has 1 aliphatic carbocycles. The van der Waals surface area contributed by atoms with Crippen molar-refractivity contribution in [3.8, 4) is 5.75 Å². The molecule has 1 saturated carbocycles. The molecule has 1 aliphatic rings. The zero-order valence-corrected chi connectivity index (χ0v) is 13.5. The van der Waals surface area contributed by atoms with Crippen molar-refractivity contribution in [3.05, 3.63) is 29.6 Å². The molecular formula is C18H28FNO. The normalized spacial score (nSPS) is 23.8. The lowest BCUT2D eigenvalue weighted by molar-refractivity contribution is 0.0962. The van der Waals surface area contributed by atoms with Crippen molar-refractivity contribution in [2.45, 2.75) is 65.0 Å². The van der Waals surface area contributed by atoms with Crippen LogP contribution in [0, 0.1) is 11.7 Å². The average molecular weight is 293 g/mol. The first-order valence-electron chi connectivity index (χ1n) is 8.32. The summed E-state index contributed by atoms with van der Waals surface area (Å²) < 4.78 is 20.4. The van der Waals surface area contributed by atoms with Gasteiger partial charge in [-0.2, -0.15) is 0 Å². The fourth-order valence-electron chi connectivity index (χ4n) is 3.07. The van der Waals surface area contributed by atoms with Gasteiger partial charge < -0.3 is 10.1 Å². The van der Waals surface area contributed by atoms with Gasteiger partial charge >= 0.3 is 0 Å². The van der Waals surface area contributed by atoms with E-state index in [0.29, 0.717) is 11.7 Å². The van der Waals surface area contributed by atoms with Crippen LogP contribution < -0.4 is 10.1 Å². The quantitative estimate of drug-likeness (QED) is 0.810. The van der Waals surface area contributed by atoms with Crippen molar-refractivity contribution in [1.29, 1.82) is 0 Å². The van der Waals surface area contributed by atoms with Crippen molar-refractivity contribution in [2.24, 2.45) is 5.92 Å². The van der Waals surface area contributed by atoms with E-state index in [1.165, 1.54) is 25.3 Å². The highest BCUT2D eigenvalue weighted by molar-refractivity contribution is 5.37. The molecule has 1 aromatic carbocycles. The predicted octanol–water partition coefficient (Wildman–Crippen LogP) is 4.84. The molecule has 3 atom stereocenters. The lowest BCUT2D eigenvalue weighted by Gasteiger charge is -2.31. The number of hydrogen-bond acceptors (Lipinski definition) is 2. The van der Waals surface area contributed by atoms with Gasteiger partial charge in [-0.15, -0.1) is 0 Å². The zero-order chi connectivity index (χ0) is 15.2. The molecule has 3 heteroatoms. The fraction of sp³-hybridized carbons (Fsp3) is 0.667. The van der Waals surface area contributed by atoms with E-state index in [-0.39, 0.29) is 18.0 Å². The van der Waals surface area contributed by atoms with Crippen molar-refractivity contribution in [1.82, 2.24) is 5.32 Å². The Balaban J connectivity index is 2.16. The summed E-state index contributed by atoms with van der Waals surface area (Å²) in [4.78, 5) is 0. The molecular weight excluding hydrogens is 265 g/mol. The van der Waals surface area contributed by atoms with Crippen LogP contribution in [0.4, 0.5) is 4.39 Å². The van der Waals surface area contributed by atoms with Crippen molar-refractivity contribution >= 4 is 0 Å². The molecule has 2 nitrogen and oxygen atoms in total. The summed E-state index contributed by atoms with van der Waals surface area (Å²) in [6.07, 6.45) is 5.87. The van der Waals surface area contributed by atoms with Gasteiger partial charge in [-0.05, 0) is 51.1 Å². The zero-order valence-electron chi connectivity index (χ0n) is 13.5. The van der Waals surface area contributed by atoms with Crippen LogP contribution >= 0.6 is 0 Å². The van der Waals surface area contributed by atoms with E-state index in [0.717, 1.165) is 24.9 Å². The molecule has 2 rings (SSSR count). The number of halogens is 1. The molecule has 0 saturated heterocycles. The molecule has 0 heterocycles. The molecule has 0 bridgehead atoms. The molecule has 21 heavy (non-hydrogen) atoms. The highest BCUT2D eigenvalue weighted by atomic mass is 19.1. The first-order valence-corrected chi connectivity index (χ1v) is 8.32. The molecule has 1 N–H and O–H groups in total. The number of para-hydroxylation sites is 1. The van der Waals surface area contributed by atoms with Gasteiger partial charge in [-0.25, -0.2) is 4.39 Å². The average Bonchev–Trinajstić information content (AvgIpc) is 2.49. The predicted molar refractivity (Wildman–Crippen MR) is 85.2 cm³/mol. The summed E-state index contributed by atoms with van der Waals surface area (Å²) in [5.74, 6) is 0.716. The standard InChI is InChI=1S/C18H28FNO/c1-4-12-20-14(3)15-9-7-10-16(19)18(15)21-17-11-6-5-8-13(17)2/h7,9-10,13-14,17,20H,4-6,8,11-12H2,1-3H3. The van der Waals surface area contributed by atoms with E-state index in [1.54, 1.807) is 6.07 Å². The molecule has 0 aliphatic heterocycles. The second-order valence-electron chi connectivity index (χ2n) is 6.25. The third kappa shape index (κ3) is 4.19. The van der Waals surface area contributed by atoms with Gasteiger partial charge in [0.2, 0.25) is 0 Å². The van der Waals surface area contributed by atoms with Crippen LogP contribution in [0.5, 0.6) is 5.75 Å². The molecule has 0 spiro atoms. The maximum absolute atomic E-state index is 14.3. The smallest absolute Gasteiger partial charge is 0.165 e. The van der Waals surface area contributed by atoms with Crippen LogP contribution in [0.2, 0.25) is 0 Å². The summed E-state index contributed by atoms with van der Waals surface area (Å²) >= 11 is 0. The third-order valence-corrected chi connectivity index (χ3v) is 4.47. The van der Waals surface area contributed by atoms with E-state index in [9.17, 15) is 4.39 Å².